The molecular weight excluding hydrogens is 264 g/mol. The molecule has 0 bridgehead atoms. The normalized spacial score (nSPS) is 10.3. The molecule has 2 aromatic carbocycles. The first-order chi connectivity index (χ1) is 10.4. The molecule has 0 atom stereocenters. The molecule has 0 aliphatic rings. The molecule has 0 amide bonds. The zero-order chi connectivity index (χ0) is 14.3. The highest BCUT2D eigenvalue weighted by Crippen LogP contribution is 2.14. The van der Waals surface area contributed by atoms with Crippen molar-refractivity contribution in [3.8, 4) is 0 Å². The number of anilines is 3. The minimum absolute atomic E-state index is 0.413. The summed E-state index contributed by atoms with van der Waals surface area (Å²) in [7, 11) is 0. The van der Waals surface area contributed by atoms with Gasteiger partial charge in [0.05, 0.1) is 0 Å². The molecule has 0 unspecified atom stereocenters. The average Bonchev–Trinajstić information content (AvgIpc) is 2.97. The summed E-state index contributed by atoms with van der Waals surface area (Å²) >= 11 is 0. The molecule has 1 heterocycles. The van der Waals surface area contributed by atoms with Crippen LogP contribution in [0.25, 0.3) is 0 Å². The van der Waals surface area contributed by atoms with Gasteiger partial charge in [-0.3, -0.25) is 0 Å². The Labute approximate surface area is 123 Å². The third kappa shape index (κ3) is 3.82. The molecule has 0 aliphatic heterocycles. The summed E-state index contributed by atoms with van der Waals surface area (Å²) in [6.45, 7) is 0.747. The van der Waals surface area contributed by atoms with Crippen molar-refractivity contribution < 1.29 is 4.42 Å². The highest BCUT2D eigenvalue weighted by Gasteiger charge is 2.05. The zero-order valence-corrected chi connectivity index (χ0v) is 11.5. The predicted octanol–water partition coefficient (Wildman–Crippen LogP) is 3.47. The number of aromatic nitrogens is 2. The number of benzene rings is 2. The summed E-state index contributed by atoms with van der Waals surface area (Å²) in [5, 5.41) is 14.4. The van der Waals surface area contributed by atoms with Crippen LogP contribution in [-0.2, 0) is 6.42 Å². The monoisotopic (exact) mass is 280 g/mol. The van der Waals surface area contributed by atoms with Crippen molar-refractivity contribution in [2.45, 2.75) is 6.42 Å². The van der Waals surface area contributed by atoms with Gasteiger partial charge in [0.1, 0.15) is 0 Å². The van der Waals surface area contributed by atoms with Gasteiger partial charge in [-0.05, 0) is 24.3 Å². The first kappa shape index (κ1) is 13.2. The van der Waals surface area contributed by atoms with Crippen LogP contribution >= 0.6 is 0 Å². The van der Waals surface area contributed by atoms with E-state index in [1.54, 1.807) is 0 Å². The van der Waals surface area contributed by atoms with Crippen LogP contribution in [0, 0.1) is 0 Å². The molecule has 0 aliphatic carbocycles. The first-order valence-corrected chi connectivity index (χ1v) is 6.83. The molecule has 21 heavy (non-hydrogen) atoms. The van der Waals surface area contributed by atoms with E-state index in [2.05, 4.69) is 20.8 Å². The van der Waals surface area contributed by atoms with Gasteiger partial charge in [-0.15, -0.1) is 5.10 Å². The second kappa shape index (κ2) is 6.56. The van der Waals surface area contributed by atoms with Crippen LogP contribution in [0.2, 0.25) is 0 Å². The molecule has 0 spiro atoms. The van der Waals surface area contributed by atoms with Crippen LogP contribution in [0.4, 0.5) is 17.4 Å². The smallest absolute Gasteiger partial charge is 0.320 e. The van der Waals surface area contributed by atoms with E-state index in [4.69, 9.17) is 4.42 Å². The van der Waals surface area contributed by atoms with Crippen molar-refractivity contribution in [3.05, 3.63) is 66.6 Å². The first-order valence-electron chi connectivity index (χ1n) is 6.83. The van der Waals surface area contributed by atoms with Crippen LogP contribution in [-0.4, -0.2) is 16.7 Å². The van der Waals surface area contributed by atoms with Crippen LogP contribution in [0.3, 0.4) is 0 Å². The third-order valence-electron chi connectivity index (χ3n) is 2.93. The second-order valence-electron chi connectivity index (χ2n) is 4.53. The minimum atomic E-state index is 0.413. The average molecular weight is 280 g/mol. The lowest BCUT2D eigenvalue weighted by Crippen LogP contribution is -2.04. The fourth-order valence-corrected chi connectivity index (χ4v) is 1.92. The van der Waals surface area contributed by atoms with E-state index < -0.39 is 0 Å². The SMILES string of the molecule is c1ccc(NCCc2nnc(Nc3ccccc3)o2)cc1. The van der Waals surface area contributed by atoms with Crippen LogP contribution in [0.5, 0.6) is 0 Å². The maximum absolute atomic E-state index is 5.55. The van der Waals surface area contributed by atoms with Crippen LogP contribution < -0.4 is 10.6 Å². The summed E-state index contributed by atoms with van der Waals surface area (Å²) in [6, 6.07) is 20.2. The highest BCUT2D eigenvalue weighted by atomic mass is 16.4. The van der Waals surface area contributed by atoms with Crippen LogP contribution in [0.15, 0.2) is 65.1 Å². The Morgan fingerprint density at radius 2 is 1.48 bits per heavy atom. The Morgan fingerprint density at radius 1 is 0.810 bits per heavy atom. The van der Waals surface area contributed by atoms with Gasteiger partial charge in [0.15, 0.2) is 0 Å². The summed E-state index contributed by atoms with van der Waals surface area (Å²) in [6.07, 6.45) is 0.679. The molecule has 5 heteroatoms. The lowest BCUT2D eigenvalue weighted by Gasteiger charge is -2.03. The van der Waals surface area contributed by atoms with Gasteiger partial charge in [0.2, 0.25) is 5.89 Å². The topological polar surface area (TPSA) is 63.0 Å². The number of hydrogen-bond donors (Lipinski definition) is 2. The van der Waals surface area contributed by atoms with E-state index in [0.717, 1.165) is 17.9 Å². The van der Waals surface area contributed by atoms with Gasteiger partial charge in [0, 0.05) is 24.3 Å². The van der Waals surface area contributed by atoms with Gasteiger partial charge in [-0.2, -0.15) is 0 Å². The fraction of sp³-hybridized carbons (Fsp3) is 0.125. The van der Waals surface area contributed by atoms with Crippen molar-refractivity contribution in [2.75, 3.05) is 17.2 Å². The summed E-state index contributed by atoms with van der Waals surface area (Å²) < 4.78 is 5.55. The lowest BCUT2D eigenvalue weighted by atomic mass is 10.3. The molecule has 0 fully saturated rings. The molecule has 0 saturated carbocycles. The maximum Gasteiger partial charge on any atom is 0.320 e. The Kier molecular flexibility index (Phi) is 4.12. The van der Waals surface area contributed by atoms with Crippen molar-refractivity contribution in [2.24, 2.45) is 0 Å². The van der Waals surface area contributed by atoms with Gasteiger partial charge in [-0.1, -0.05) is 41.5 Å². The van der Waals surface area contributed by atoms with E-state index in [1.165, 1.54) is 0 Å². The van der Waals surface area contributed by atoms with Crippen molar-refractivity contribution in [3.63, 3.8) is 0 Å². The minimum Gasteiger partial charge on any atom is -0.408 e. The van der Waals surface area contributed by atoms with E-state index in [0.29, 0.717) is 18.3 Å². The predicted molar refractivity (Wildman–Crippen MR) is 82.7 cm³/mol. The third-order valence-corrected chi connectivity index (χ3v) is 2.93. The largest absolute Gasteiger partial charge is 0.408 e. The lowest BCUT2D eigenvalue weighted by molar-refractivity contribution is 0.512. The van der Waals surface area contributed by atoms with Gasteiger partial charge in [-0.25, -0.2) is 0 Å². The van der Waals surface area contributed by atoms with E-state index in [-0.39, 0.29) is 0 Å². The van der Waals surface area contributed by atoms with Crippen molar-refractivity contribution in [1.29, 1.82) is 0 Å². The standard InChI is InChI=1S/C16H16N4O/c1-3-7-13(8-4-1)17-12-11-15-19-20-16(21-15)18-14-9-5-2-6-10-14/h1-10,17H,11-12H2,(H,18,20). The molecule has 0 saturated heterocycles. The molecule has 1 aromatic heterocycles. The molecular formula is C16H16N4O. The number of rotatable bonds is 6. The fourth-order valence-electron chi connectivity index (χ4n) is 1.92. The van der Waals surface area contributed by atoms with Gasteiger partial charge in [0.25, 0.3) is 0 Å². The Hall–Kier alpha value is -2.82. The Balaban J connectivity index is 1.51. The van der Waals surface area contributed by atoms with Crippen LogP contribution in [0.1, 0.15) is 5.89 Å². The second-order valence-corrected chi connectivity index (χ2v) is 4.53. The number of nitrogens with one attached hydrogen (secondary N) is 2. The molecule has 3 rings (SSSR count). The summed E-state index contributed by atoms with van der Waals surface area (Å²) in [4.78, 5) is 0. The zero-order valence-electron chi connectivity index (χ0n) is 11.5. The molecule has 2 N–H and O–H groups in total. The molecule has 3 aromatic rings. The summed E-state index contributed by atoms with van der Waals surface area (Å²) in [5.41, 5.74) is 2.01. The highest BCUT2D eigenvalue weighted by molar-refractivity contribution is 5.51. The van der Waals surface area contributed by atoms with Gasteiger partial charge < -0.3 is 15.1 Å². The van der Waals surface area contributed by atoms with E-state index in [9.17, 15) is 0 Å². The van der Waals surface area contributed by atoms with E-state index in [1.807, 2.05) is 60.7 Å². The maximum atomic E-state index is 5.55. The van der Waals surface area contributed by atoms with E-state index >= 15 is 0 Å². The molecule has 106 valence electrons. The molecule has 5 nitrogen and oxygen atoms in total. The van der Waals surface area contributed by atoms with Gasteiger partial charge >= 0.3 is 6.01 Å². The van der Waals surface area contributed by atoms with Crippen molar-refractivity contribution in [1.82, 2.24) is 10.2 Å². The van der Waals surface area contributed by atoms with Crippen molar-refractivity contribution >= 4 is 17.4 Å². The molecule has 0 radical (unpaired) electrons. The number of hydrogen-bond acceptors (Lipinski definition) is 5. The Morgan fingerprint density at radius 3 is 2.19 bits per heavy atom. The quantitative estimate of drug-likeness (QED) is 0.724. The number of para-hydroxylation sites is 2. The summed E-state index contributed by atoms with van der Waals surface area (Å²) in [5.74, 6) is 0.608. The Bertz CT molecular complexity index is 667. The number of nitrogens with zero attached hydrogens (tertiary/aromatic N) is 2.